The minimum Gasteiger partial charge on any atom is -0.345 e. The maximum absolute atomic E-state index is 14.1. The fourth-order valence-corrected chi connectivity index (χ4v) is 5.49. The number of anilines is 1. The average molecular weight is 522 g/mol. The summed E-state index contributed by atoms with van der Waals surface area (Å²) in [6.45, 7) is 1.90. The number of halogens is 2. The van der Waals surface area contributed by atoms with Crippen LogP contribution >= 0.6 is 11.6 Å². The van der Waals surface area contributed by atoms with Crippen LogP contribution in [-0.4, -0.2) is 66.5 Å². The summed E-state index contributed by atoms with van der Waals surface area (Å²) in [6.07, 6.45) is 5.40. The molecule has 1 N–H and O–H groups in total. The van der Waals surface area contributed by atoms with Crippen LogP contribution in [0.5, 0.6) is 0 Å². The first-order valence-corrected chi connectivity index (χ1v) is 13.0. The van der Waals surface area contributed by atoms with Crippen LogP contribution in [-0.2, 0) is 14.6 Å². The monoisotopic (exact) mass is 521 g/mol. The minimum absolute atomic E-state index is 0.0223. The van der Waals surface area contributed by atoms with Gasteiger partial charge in [-0.05, 0) is 31.4 Å². The van der Waals surface area contributed by atoms with Gasteiger partial charge in [0.05, 0.1) is 35.3 Å². The summed E-state index contributed by atoms with van der Waals surface area (Å²) < 4.78 is 38.0. The van der Waals surface area contributed by atoms with Gasteiger partial charge in [-0.2, -0.15) is 0 Å². The highest BCUT2D eigenvalue weighted by molar-refractivity contribution is 7.95. The molecule has 4 rings (SSSR count). The van der Waals surface area contributed by atoms with Crippen LogP contribution in [0, 0.1) is 5.82 Å². The van der Waals surface area contributed by atoms with Crippen molar-refractivity contribution in [3.05, 3.63) is 64.2 Å². The largest absolute Gasteiger partial charge is 0.345 e. The summed E-state index contributed by atoms with van der Waals surface area (Å²) in [6, 6.07) is 3.51. The van der Waals surface area contributed by atoms with E-state index >= 15 is 0 Å². The van der Waals surface area contributed by atoms with Crippen LogP contribution in [0.1, 0.15) is 41.9 Å². The Hall–Kier alpha value is -3.05. The third-order valence-electron chi connectivity index (χ3n) is 5.96. The molecule has 2 aliphatic rings. The first-order chi connectivity index (χ1) is 16.6. The average Bonchev–Trinajstić information content (AvgIpc) is 3.68. The number of rotatable bonds is 7. The lowest BCUT2D eigenvalue weighted by molar-refractivity contribution is -0.130. The molecule has 1 aliphatic carbocycles. The van der Waals surface area contributed by atoms with E-state index in [4.69, 9.17) is 11.6 Å². The predicted octanol–water partition coefficient (Wildman–Crippen LogP) is 2.50. The number of nitrogens with zero attached hydrogens (tertiary/aromatic N) is 4. The Balaban J connectivity index is 1.50. The van der Waals surface area contributed by atoms with Crippen LogP contribution in [0.15, 0.2) is 42.1 Å². The molecular formula is C23H25ClFN5O4S. The van der Waals surface area contributed by atoms with E-state index in [2.05, 4.69) is 15.3 Å². The van der Waals surface area contributed by atoms with E-state index in [1.807, 2.05) is 0 Å². The van der Waals surface area contributed by atoms with Crippen molar-refractivity contribution < 1.29 is 22.4 Å². The number of aromatic nitrogens is 2. The van der Waals surface area contributed by atoms with E-state index in [1.165, 1.54) is 29.4 Å². The smallest absolute Gasteiger partial charge is 0.271 e. The highest BCUT2D eigenvalue weighted by Crippen LogP contribution is 2.34. The van der Waals surface area contributed by atoms with Crippen molar-refractivity contribution in [2.45, 2.75) is 37.1 Å². The molecule has 1 aromatic carbocycles. The summed E-state index contributed by atoms with van der Waals surface area (Å²) in [5, 5.41) is 3.47. The zero-order chi connectivity index (χ0) is 25.3. The number of hydrogen-bond donors (Lipinski definition) is 1. The normalized spacial score (nSPS) is 19.8. The van der Waals surface area contributed by atoms with Gasteiger partial charge in [-0.1, -0.05) is 29.8 Å². The zero-order valence-corrected chi connectivity index (χ0v) is 20.8. The van der Waals surface area contributed by atoms with E-state index < -0.39 is 33.6 Å². The Labute approximate surface area is 207 Å². The van der Waals surface area contributed by atoms with Gasteiger partial charge in [0.1, 0.15) is 17.3 Å². The van der Waals surface area contributed by atoms with E-state index in [0.29, 0.717) is 24.2 Å². The predicted molar refractivity (Wildman–Crippen MR) is 129 cm³/mol. The molecule has 0 spiro atoms. The SMILES string of the molecule is C[C@H](/C=C/S(=O)(=O)C1CC1)NC(=O)c1cnc(N2CC(=O)N(C)C[C@H]2c2cccc(F)c2Cl)cn1. The molecule has 1 saturated heterocycles. The quantitative estimate of drug-likeness (QED) is 0.595. The van der Waals surface area contributed by atoms with Gasteiger partial charge in [0.2, 0.25) is 5.91 Å². The molecule has 186 valence electrons. The molecule has 2 heterocycles. The number of piperazine rings is 1. The number of sulfone groups is 1. The molecule has 0 radical (unpaired) electrons. The third-order valence-corrected chi connectivity index (χ3v) is 8.30. The molecule has 0 unspecified atom stereocenters. The molecule has 9 nitrogen and oxygen atoms in total. The number of benzene rings is 1. The van der Waals surface area contributed by atoms with Crippen molar-refractivity contribution in [3.63, 3.8) is 0 Å². The first-order valence-electron chi connectivity index (χ1n) is 11.1. The lowest BCUT2D eigenvalue weighted by atomic mass is 10.0. The van der Waals surface area contributed by atoms with Crippen LogP contribution in [0.25, 0.3) is 0 Å². The number of likely N-dealkylation sites (N-methyl/N-ethyl adjacent to an activating group) is 1. The minimum atomic E-state index is -3.27. The maximum Gasteiger partial charge on any atom is 0.271 e. The van der Waals surface area contributed by atoms with Crippen LogP contribution < -0.4 is 10.2 Å². The number of amides is 2. The molecule has 12 heteroatoms. The fraction of sp³-hybridized carbons (Fsp3) is 0.391. The molecule has 35 heavy (non-hydrogen) atoms. The molecular weight excluding hydrogens is 497 g/mol. The summed E-state index contributed by atoms with van der Waals surface area (Å²) in [4.78, 5) is 36.6. The Kier molecular flexibility index (Phi) is 7.09. The van der Waals surface area contributed by atoms with E-state index in [1.54, 1.807) is 31.0 Å². The van der Waals surface area contributed by atoms with Crippen LogP contribution in [0.2, 0.25) is 5.02 Å². The molecule has 2 atom stereocenters. The Bertz CT molecular complexity index is 1270. The molecule has 2 amide bonds. The van der Waals surface area contributed by atoms with Gasteiger partial charge in [-0.3, -0.25) is 9.59 Å². The molecule has 2 fully saturated rings. The molecule has 1 aromatic heterocycles. The standard InChI is InChI=1S/C23H25ClFN5O4S/c1-14(8-9-35(33,34)15-6-7-15)28-23(32)18-10-27-20(11-26-18)30-13-21(31)29(2)12-19(30)16-4-3-5-17(25)22(16)24/h3-5,8-11,14-15,19H,6-7,12-13H2,1-2H3,(H,28,32)/b9-8+/t14-,19+/m1/s1. The molecule has 1 saturated carbocycles. The number of nitrogens with one attached hydrogen (secondary N) is 1. The van der Waals surface area contributed by atoms with Gasteiger partial charge in [-0.15, -0.1) is 0 Å². The first kappa shape index (κ1) is 25.1. The van der Waals surface area contributed by atoms with Crippen molar-refractivity contribution in [2.24, 2.45) is 0 Å². The van der Waals surface area contributed by atoms with Crippen molar-refractivity contribution >= 4 is 39.1 Å². The highest BCUT2D eigenvalue weighted by Gasteiger charge is 2.35. The Morgan fingerprint density at radius 1 is 1.29 bits per heavy atom. The maximum atomic E-state index is 14.1. The molecule has 1 aliphatic heterocycles. The number of hydrogen-bond acceptors (Lipinski definition) is 7. The van der Waals surface area contributed by atoms with Gasteiger partial charge >= 0.3 is 0 Å². The molecule has 0 bridgehead atoms. The fourth-order valence-electron chi connectivity index (χ4n) is 3.77. The summed E-state index contributed by atoms with van der Waals surface area (Å²) >= 11 is 6.22. The molecule has 2 aromatic rings. The van der Waals surface area contributed by atoms with Crippen LogP contribution in [0.3, 0.4) is 0 Å². The Morgan fingerprint density at radius 2 is 2.03 bits per heavy atom. The van der Waals surface area contributed by atoms with Crippen molar-refractivity contribution in [1.29, 1.82) is 0 Å². The second-order valence-corrected chi connectivity index (χ2v) is 11.2. The zero-order valence-electron chi connectivity index (χ0n) is 19.2. The second-order valence-electron chi connectivity index (χ2n) is 8.70. The summed E-state index contributed by atoms with van der Waals surface area (Å²) in [7, 11) is -1.62. The van der Waals surface area contributed by atoms with Gasteiger partial charge in [0, 0.05) is 25.0 Å². The van der Waals surface area contributed by atoms with E-state index in [-0.39, 0.29) is 35.0 Å². The van der Waals surface area contributed by atoms with Gasteiger partial charge in [0.25, 0.3) is 5.91 Å². The van der Waals surface area contributed by atoms with Crippen molar-refractivity contribution in [3.8, 4) is 0 Å². The summed E-state index contributed by atoms with van der Waals surface area (Å²) in [5.41, 5.74) is 0.538. The van der Waals surface area contributed by atoms with Gasteiger partial charge in [-0.25, -0.2) is 22.8 Å². The van der Waals surface area contributed by atoms with Crippen molar-refractivity contribution in [2.75, 3.05) is 25.0 Å². The number of carbonyl (C=O) groups is 2. The topological polar surface area (TPSA) is 113 Å². The third kappa shape index (κ3) is 5.62. The number of carbonyl (C=O) groups excluding carboxylic acids is 2. The van der Waals surface area contributed by atoms with Gasteiger partial charge < -0.3 is 15.1 Å². The lowest BCUT2D eigenvalue weighted by Gasteiger charge is -2.40. The van der Waals surface area contributed by atoms with Gasteiger partial charge in [0.15, 0.2) is 9.84 Å². The van der Waals surface area contributed by atoms with E-state index in [9.17, 15) is 22.4 Å². The van der Waals surface area contributed by atoms with E-state index in [0.717, 1.165) is 5.41 Å². The lowest BCUT2D eigenvalue weighted by Crippen LogP contribution is -2.51. The summed E-state index contributed by atoms with van der Waals surface area (Å²) in [5.74, 6) is -0.907. The van der Waals surface area contributed by atoms with Crippen LogP contribution in [0.4, 0.5) is 10.2 Å². The van der Waals surface area contributed by atoms with Crippen molar-refractivity contribution in [1.82, 2.24) is 20.2 Å². The highest BCUT2D eigenvalue weighted by atomic mass is 35.5. The Morgan fingerprint density at radius 3 is 2.69 bits per heavy atom. The second kappa shape index (κ2) is 9.90.